The average molecular weight is 403 g/mol. The van der Waals surface area contributed by atoms with Gasteiger partial charge < -0.3 is 20.1 Å². The molecule has 148 valence electrons. The van der Waals surface area contributed by atoms with Gasteiger partial charge in [-0.3, -0.25) is 9.59 Å². The molecule has 2 N–H and O–H groups in total. The fraction of sp³-hybridized carbons (Fsp3) is 0.238. The van der Waals surface area contributed by atoms with Crippen LogP contribution in [0.15, 0.2) is 42.5 Å². The predicted octanol–water partition coefficient (Wildman–Crippen LogP) is 4.15. The van der Waals surface area contributed by atoms with Gasteiger partial charge in [0.25, 0.3) is 5.91 Å². The molecule has 0 atom stereocenters. The van der Waals surface area contributed by atoms with E-state index in [-0.39, 0.29) is 11.8 Å². The van der Waals surface area contributed by atoms with Gasteiger partial charge in [0.15, 0.2) is 11.5 Å². The second-order valence-corrected chi connectivity index (χ2v) is 6.26. The number of halogens is 1. The molecule has 0 radical (unpaired) electrons. The van der Waals surface area contributed by atoms with Crippen LogP contribution in [0.2, 0.25) is 5.02 Å². The molecule has 0 aliphatic carbocycles. The number of methoxy groups -OCH3 is 1. The number of amides is 2. The number of benzene rings is 2. The molecule has 6 nitrogen and oxygen atoms in total. The number of hydrogen-bond acceptors (Lipinski definition) is 4. The third-order valence-electron chi connectivity index (χ3n) is 3.78. The largest absolute Gasteiger partial charge is 0.493 e. The molecule has 2 amide bonds. The predicted molar refractivity (Wildman–Crippen MR) is 111 cm³/mol. The molecule has 0 heterocycles. The van der Waals surface area contributed by atoms with Crippen molar-refractivity contribution in [2.24, 2.45) is 0 Å². The standard InChI is InChI=1S/C21H23ClN2O4/c1-4-11-28-18-9-5-14(12-19(18)27-3)6-10-20(25)24-15-7-8-17(22)16(13-15)21(26)23-2/h5-10,12-13H,4,11H2,1-3H3,(H,23,26)(H,24,25). The number of ether oxygens (including phenoxy) is 2. The minimum atomic E-state index is -0.338. The first-order valence-electron chi connectivity index (χ1n) is 8.80. The van der Waals surface area contributed by atoms with Crippen LogP contribution in [0.4, 0.5) is 5.69 Å². The van der Waals surface area contributed by atoms with Gasteiger partial charge in [-0.2, -0.15) is 0 Å². The summed E-state index contributed by atoms with van der Waals surface area (Å²) >= 11 is 6.01. The van der Waals surface area contributed by atoms with Crippen molar-refractivity contribution >= 4 is 35.2 Å². The zero-order chi connectivity index (χ0) is 20.5. The lowest BCUT2D eigenvalue weighted by molar-refractivity contribution is -0.111. The summed E-state index contributed by atoms with van der Waals surface area (Å²) in [5, 5.41) is 5.52. The third kappa shape index (κ3) is 5.76. The highest BCUT2D eigenvalue weighted by Gasteiger charge is 2.10. The Morgan fingerprint density at radius 2 is 1.93 bits per heavy atom. The first-order chi connectivity index (χ1) is 13.5. The van der Waals surface area contributed by atoms with Crippen LogP contribution < -0.4 is 20.1 Å². The number of rotatable bonds is 8. The van der Waals surface area contributed by atoms with E-state index in [0.29, 0.717) is 34.4 Å². The maximum atomic E-state index is 12.2. The molecule has 2 aromatic carbocycles. The molecule has 0 unspecified atom stereocenters. The van der Waals surface area contributed by atoms with Crippen molar-refractivity contribution in [3.05, 3.63) is 58.6 Å². The molecule has 0 aromatic heterocycles. The van der Waals surface area contributed by atoms with Crippen LogP contribution in [-0.4, -0.2) is 32.6 Å². The van der Waals surface area contributed by atoms with Crippen LogP contribution in [-0.2, 0) is 4.79 Å². The fourth-order valence-electron chi connectivity index (χ4n) is 2.39. The summed E-state index contributed by atoms with van der Waals surface area (Å²) in [7, 11) is 3.08. The summed E-state index contributed by atoms with van der Waals surface area (Å²) in [4.78, 5) is 24.0. The lowest BCUT2D eigenvalue weighted by atomic mass is 10.1. The third-order valence-corrected chi connectivity index (χ3v) is 4.11. The molecule has 0 fully saturated rings. The van der Waals surface area contributed by atoms with Crippen LogP contribution in [0.5, 0.6) is 11.5 Å². The van der Waals surface area contributed by atoms with Gasteiger partial charge >= 0.3 is 0 Å². The minimum absolute atomic E-state index is 0.290. The van der Waals surface area contributed by atoms with Crippen LogP contribution >= 0.6 is 11.6 Å². The van der Waals surface area contributed by atoms with E-state index in [1.807, 2.05) is 13.0 Å². The summed E-state index contributed by atoms with van der Waals surface area (Å²) in [6.07, 6.45) is 3.96. The quantitative estimate of drug-likeness (QED) is 0.650. The Bertz CT molecular complexity index is 881. The summed E-state index contributed by atoms with van der Waals surface area (Å²) in [6.45, 7) is 2.63. The van der Waals surface area contributed by atoms with Crippen LogP contribution in [0.3, 0.4) is 0 Å². The van der Waals surface area contributed by atoms with Crippen molar-refractivity contribution in [2.75, 3.05) is 26.1 Å². The van der Waals surface area contributed by atoms with Crippen molar-refractivity contribution in [3.63, 3.8) is 0 Å². The van der Waals surface area contributed by atoms with Gasteiger partial charge in [0.05, 0.1) is 24.3 Å². The molecule has 28 heavy (non-hydrogen) atoms. The monoisotopic (exact) mass is 402 g/mol. The van der Waals surface area contributed by atoms with Gasteiger partial charge in [0, 0.05) is 18.8 Å². The van der Waals surface area contributed by atoms with Gasteiger partial charge in [-0.25, -0.2) is 0 Å². The Balaban J connectivity index is 2.08. The van der Waals surface area contributed by atoms with E-state index in [1.54, 1.807) is 37.5 Å². The first kappa shape index (κ1) is 21.3. The van der Waals surface area contributed by atoms with Crippen LogP contribution in [0.1, 0.15) is 29.3 Å². The van der Waals surface area contributed by atoms with Gasteiger partial charge in [0.2, 0.25) is 5.91 Å². The average Bonchev–Trinajstić information content (AvgIpc) is 2.71. The minimum Gasteiger partial charge on any atom is -0.493 e. The van der Waals surface area contributed by atoms with E-state index in [2.05, 4.69) is 10.6 Å². The van der Waals surface area contributed by atoms with Gasteiger partial charge in [-0.15, -0.1) is 0 Å². The zero-order valence-electron chi connectivity index (χ0n) is 16.0. The van der Waals surface area contributed by atoms with E-state index in [4.69, 9.17) is 21.1 Å². The zero-order valence-corrected chi connectivity index (χ0v) is 16.8. The van der Waals surface area contributed by atoms with Crippen LogP contribution in [0, 0.1) is 0 Å². The van der Waals surface area contributed by atoms with Gasteiger partial charge in [0.1, 0.15) is 0 Å². The van der Waals surface area contributed by atoms with Crippen molar-refractivity contribution < 1.29 is 19.1 Å². The molecule has 2 rings (SSSR count). The van der Waals surface area contributed by atoms with E-state index in [1.165, 1.54) is 19.2 Å². The van der Waals surface area contributed by atoms with Crippen molar-refractivity contribution in [1.82, 2.24) is 5.32 Å². The molecule has 0 aliphatic rings. The Morgan fingerprint density at radius 1 is 1.14 bits per heavy atom. The first-order valence-corrected chi connectivity index (χ1v) is 9.17. The van der Waals surface area contributed by atoms with Crippen molar-refractivity contribution in [3.8, 4) is 11.5 Å². The number of hydrogen-bond donors (Lipinski definition) is 2. The van der Waals surface area contributed by atoms with Crippen molar-refractivity contribution in [2.45, 2.75) is 13.3 Å². The summed E-state index contributed by atoms with van der Waals surface area (Å²) in [6, 6.07) is 10.1. The smallest absolute Gasteiger partial charge is 0.252 e. The SMILES string of the molecule is CCCOc1ccc(C=CC(=O)Nc2ccc(Cl)c(C(=O)NC)c2)cc1OC. The van der Waals surface area contributed by atoms with Gasteiger partial charge in [-0.05, 0) is 48.4 Å². The molecule has 0 bridgehead atoms. The van der Waals surface area contributed by atoms with E-state index in [0.717, 1.165) is 12.0 Å². The Hall–Kier alpha value is -2.99. The summed E-state index contributed by atoms with van der Waals surface area (Å²) in [5.74, 6) is 0.599. The highest BCUT2D eigenvalue weighted by atomic mass is 35.5. The maximum Gasteiger partial charge on any atom is 0.252 e. The number of anilines is 1. The highest BCUT2D eigenvalue weighted by Crippen LogP contribution is 2.28. The second-order valence-electron chi connectivity index (χ2n) is 5.86. The normalized spacial score (nSPS) is 10.6. The molecular weight excluding hydrogens is 380 g/mol. The molecule has 0 saturated carbocycles. The second kappa shape index (κ2) is 10.4. The Labute approximate surface area is 169 Å². The lowest BCUT2D eigenvalue weighted by Crippen LogP contribution is -2.18. The Kier molecular flexibility index (Phi) is 7.89. The Morgan fingerprint density at radius 3 is 2.61 bits per heavy atom. The number of carbonyl (C=O) groups excluding carboxylic acids is 2. The summed E-state index contributed by atoms with van der Waals surface area (Å²) < 4.78 is 10.9. The molecule has 0 saturated heterocycles. The summed E-state index contributed by atoms with van der Waals surface area (Å²) in [5.41, 5.74) is 1.55. The molecular formula is C21H23ClN2O4. The topological polar surface area (TPSA) is 76.7 Å². The molecule has 0 aliphatic heterocycles. The highest BCUT2D eigenvalue weighted by molar-refractivity contribution is 6.34. The van der Waals surface area contributed by atoms with Crippen LogP contribution in [0.25, 0.3) is 6.08 Å². The van der Waals surface area contributed by atoms with E-state index in [9.17, 15) is 9.59 Å². The lowest BCUT2D eigenvalue weighted by Gasteiger charge is -2.10. The fourth-order valence-corrected chi connectivity index (χ4v) is 2.59. The molecule has 7 heteroatoms. The van der Waals surface area contributed by atoms with E-state index >= 15 is 0 Å². The van der Waals surface area contributed by atoms with Gasteiger partial charge in [-0.1, -0.05) is 24.6 Å². The molecule has 2 aromatic rings. The number of carbonyl (C=O) groups is 2. The maximum absolute atomic E-state index is 12.2. The molecule has 0 spiro atoms. The van der Waals surface area contributed by atoms with E-state index < -0.39 is 0 Å². The van der Waals surface area contributed by atoms with Crippen molar-refractivity contribution in [1.29, 1.82) is 0 Å². The number of nitrogens with one attached hydrogen (secondary N) is 2.